The number of aromatic nitrogens is 1. The molecule has 14 heavy (non-hydrogen) atoms. The molecular weight excluding hydrogens is 201 g/mol. The zero-order chi connectivity index (χ0) is 9.97. The van der Waals surface area contributed by atoms with Gasteiger partial charge in [0.25, 0.3) is 0 Å². The Hall–Kier alpha value is -1.28. The van der Waals surface area contributed by atoms with E-state index < -0.39 is 0 Å². The quantitative estimate of drug-likeness (QED) is 0.728. The van der Waals surface area contributed by atoms with E-state index in [4.69, 9.17) is 11.6 Å². The molecule has 72 valence electrons. The van der Waals surface area contributed by atoms with Crippen LogP contribution in [0.3, 0.4) is 0 Å². The highest BCUT2D eigenvalue weighted by molar-refractivity contribution is 6.17. The first kappa shape index (κ1) is 9.28. The predicted molar refractivity (Wildman–Crippen MR) is 55.7 cm³/mol. The maximum Gasteiger partial charge on any atom is 0.123 e. The van der Waals surface area contributed by atoms with Crippen molar-refractivity contribution in [3.63, 3.8) is 0 Å². The molecule has 0 unspecified atom stereocenters. The lowest BCUT2D eigenvalue weighted by molar-refractivity contribution is 0.628. The lowest BCUT2D eigenvalue weighted by Crippen LogP contribution is -1.83. The van der Waals surface area contributed by atoms with Crippen LogP contribution in [0.5, 0.6) is 0 Å². The molecule has 1 aromatic heterocycles. The number of H-pyrrole nitrogens is 1. The monoisotopic (exact) mass is 209 g/mol. The summed E-state index contributed by atoms with van der Waals surface area (Å²) in [5.74, 6) is 0.205. The minimum Gasteiger partial charge on any atom is -0.363 e. The number of hydrogen-bond donors (Lipinski definition) is 1. The lowest BCUT2D eigenvalue weighted by atomic mass is 10.1. The van der Waals surface area contributed by atoms with Crippen molar-refractivity contribution in [3.05, 3.63) is 48.0 Å². The number of hydrogen-bond acceptors (Lipinski definition) is 0. The molecule has 0 aliphatic carbocycles. The molecule has 0 aliphatic rings. The summed E-state index contributed by atoms with van der Waals surface area (Å²) < 4.78 is 12.7. The van der Waals surface area contributed by atoms with Gasteiger partial charge in [0.2, 0.25) is 0 Å². The third-order valence-electron chi connectivity index (χ3n) is 2.12. The molecule has 0 saturated carbocycles. The third kappa shape index (κ3) is 1.66. The van der Waals surface area contributed by atoms with Gasteiger partial charge in [-0.15, -0.1) is 11.6 Å². The Labute approximate surface area is 86.5 Å². The van der Waals surface area contributed by atoms with Gasteiger partial charge in [0.1, 0.15) is 5.82 Å². The van der Waals surface area contributed by atoms with Crippen molar-refractivity contribution >= 4 is 11.6 Å². The van der Waals surface area contributed by atoms with E-state index in [1.165, 1.54) is 12.1 Å². The Morgan fingerprint density at radius 2 is 1.86 bits per heavy atom. The van der Waals surface area contributed by atoms with Crippen molar-refractivity contribution in [2.75, 3.05) is 0 Å². The van der Waals surface area contributed by atoms with Gasteiger partial charge in [-0.2, -0.15) is 0 Å². The summed E-state index contributed by atoms with van der Waals surface area (Å²) in [6.45, 7) is 0. The van der Waals surface area contributed by atoms with Gasteiger partial charge in [0.05, 0.1) is 5.88 Å². The summed E-state index contributed by atoms with van der Waals surface area (Å²) in [5, 5.41) is 0. The fraction of sp³-hybridized carbons (Fsp3) is 0.0909. The zero-order valence-electron chi connectivity index (χ0n) is 7.43. The van der Waals surface area contributed by atoms with Crippen molar-refractivity contribution in [1.29, 1.82) is 0 Å². The Kier molecular flexibility index (Phi) is 2.55. The first-order valence-electron chi connectivity index (χ1n) is 4.29. The van der Waals surface area contributed by atoms with Gasteiger partial charge in [0, 0.05) is 17.5 Å². The fourth-order valence-electron chi connectivity index (χ4n) is 1.41. The number of benzene rings is 1. The highest BCUT2D eigenvalue weighted by Crippen LogP contribution is 2.24. The van der Waals surface area contributed by atoms with Crippen LogP contribution in [0.25, 0.3) is 11.1 Å². The smallest absolute Gasteiger partial charge is 0.123 e. The molecule has 0 amide bonds. The van der Waals surface area contributed by atoms with E-state index in [9.17, 15) is 4.39 Å². The summed E-state index contributed by atoms with van der Waals surface area (Å²) in [7, 11) is 0. The van der Waals surface area contributed by atoms with Gasteiger partial charge in [-0.05, 0) is 23.8 Å². The van der Waals surface area contributed by atoms with Gasteiger partial charge in [0.15, 0.2) is 0 Å². The first-order valence-corrected chi connectivity index (χ1v) is 4.83. The second-order valence-corrected chi connectivity index (χ2v) is 3.28. The molecule has 0 atom stereocenters. The van der Waals surface area contributed by atoms with E-state index in [-0.39, 0.29) is 5.82 Å². The van der Waals surface area contributed by atoms with Gasteiger partial charge in [-0.1, -0.05) is 12.1 Å². The van der Waals surface area contributed by atoms with Gasteiger partial charge < -0.3 is 4.98 Å². The Morgan fingerprint density at radius 1 is 1.14 bits per heavy atom. The maximum atomic E-state index is 12.7. The van der Waals surface area contributed by atoms with Crippen molar-refractivity contribution in [3.8, 4) is 11.1 Å². The summed E-state index contributed by atoms with van der Waals surface area (Å²) in [4.78, 5) is 3.04. The van der Waals surface area contributed by atoms with Crippen LogP contribution in [-0.4, -0.2) is 4.98 Å². The molecule has 3 heteroatoms. The van der Waals surface area contributed by atoms with E-state index in [0.29, 0.717) is 5.88 Å². The summed E-state index contributed by atoms with van der Waals surface area (Å²) >= 11 is 5.75. The highest BCUT2D eigenvalue weighted by Gasteiger charge is 2.04. The number of alkyl halides is 1. The van der Waals surface area contributed by atoms with Crippen LogP contribution in [-0.2, 0) is 5.88 Å². The summed E-state index contributed by atoms with van der Waals surface area (Å²) in [6, 6.07) is 8.31. The molecule has 0 fully saturated rings. The Bertz CT molecular complexity index is 419. The molecule has 0 radical (unpaired) electrons. The SMILES string of the molecule is Fc1ccc(-c2cc[nH]c2CCl)cc1. The Balaban J connectivity index is 2.44. The van der Waals surface area contributed by atoms with Crippen molar-refractivity contribution in [1.82, 2.24) is 4.98 Å². The molecule has 1 nitrogen and oxygen atoms in total. The molecule has 0 aliphatic heterocycles. The number of rotatable bonds is 2. The average Bonchev–Trinajstić information content (AvgIpc) is 2.67. The Morgan fingerprint density at radius 3 is 2.50 bits per heavy atom. The van der Waals surface area contributed by atoms with Crippen molar-refractivity contribution in [2.45, 2.75) is 5.88 Å². The molecule has 2 aromatic rings. The van der Waals surface area contributed by atoms with Crippen LogP contribution in [0.15, 0.2) is 36.5 Å². The molecule has 0 saturated heterocycles. The van der Waals surface area contributed by atoms with E-state index in [1.54, 1.807) is 12.1 Å². The topological polar surface area (TPSA) is 15.8 Å². The maximum absolute atomic E-state index is 12.7. The average molecular weight is 210 g/mol. The molecule has 0 bridgehead atoms. The molecule has 1 aromatic carbocycles. The van der Waals surface area contributed by atoms with Crippen LogP contribution < -0.4 is 0 Å². The molecule has 1 N–H and O–H groups in total. The number of halogens is 2. The number of aromatic amines is 1. The van der Waals surface area contributed by atoms with Crippen molar-refractivity contribution in [2.24, 2.45) is 0 Å². The second-order valence-electron chi connectivity index (χ2n) is 3.01. The van der Waals surface area contributed by atoms with Crippen LogP contribution in [0.2, 0.25) is 0 Å². The molecule has 0 spiro atoms. The normalized spacial score (nSPS) is 10.4. The molecule has 2 rings (SSSR count). The van der Waals surface area contributed by atoms with Crippen LogP contribution in [0.1, 0.15) is 5.69 Å². The van der Waals surface area contributed by atoms with E-state index in [0.717, 1.165) is 16.8 Å². The van der Waals surface area contributed by atoms with Crippen LogP contribution in [0.4, 0.5) is 4.39 Å². The van der Waals surface area contributed by atoms with E-state index >= 15 is 0 Å². The van der Waals surface area contributed by atoms with Crippen LogP contribution in [0, 0.1) is 5.82 Å². The van der Waals surface area contributed by atoms with Gasteiger partial charge in [-0.3, -0.25) is 0 Å². The predicted octanol–water partition coefficient (Wildman–Crippen LogP) is 3.56. The zero-order valence-corrected chi connectivity index (χ0v) is 8.18. The minimum atomic E-state index is -0.225. The molecule has 1 heterocycles. The standard InChI is InChI=1S/C11H9ClFN/c12-7-11-10(5-6-14-11)8-1-3-9(13)4-2-8/h1-6,14H,7H2. The van der Waals surface area contributed by atoms with Crippen molar-refractivity contribution < 1.29 is 4.39 Å². The minimum absolute atomic E-state index is 0.225. The van der Waals surface area contributed by atoms with Gasteiger partial charge >= 0.3 is 0 Å². The summed E-state index contributed by atoms with van der Waals surface area (Å²) in [5.41, 5.74) is 2.96. The number of nitrogens with one attached hydrogen (secondary N) is 1. The fourth-order valence-corrected chi connectivity index (χ4v) is 1.64. The summed E-state index contributed by atoms with van der Waals surface area (Å²) in [6.07, 6.45) is 1.83. The van der Waals surface area contributed by atoms with Crippen LogP contribution >= 0.6 is 11.6 Å². The third-order valence-corrected chi connectivity index (χ3v) is 2.39. The lowest BCUT2D eigenvalue weighted by Gasteiger charge is -2.00. The highest BCUT2D eigenvalue weighted by atomic mass is 35.5. The first-order chi connectivity index (χ1) is 6.81. The van der Waals surface area contributed by atoms with E-state index in [2.05, 4.69) is 4.98 Å². The largest absolute Gasteiger partial charge is 0.363 e. The van der Waals surface area contributed by atoms with Gasteiger partial charge in [-0.25, -0.2) is 4.39 Å². The molecular formula is C11H9ClFN. The van der Waals surface area contributed by atoms with E-state index in [1.807, 2.05) is 12.3 Å². The second kappa shape index (κ2) is 3.84.